The number of alkyl halides is 3. The van der Waals surface area contributed by atoms with Crippen LogP contribution in [0.2, 0.25) is 0 Å². The van der Waals surface area contributed by atoms with E-state index in [1.807, 2.05) is 0 Å². The summed E-state index contributed by atoms with van der Waals surface area (Å²) < 4.78 is 53.2. The number of nitrogens with one attached hydrogen (secondary N) is 2. The van der Waals surface area contributed by atoms with Crippen LogP contribution < -0.4 is 20.1 Å². The molecular weight excluding hydrogens is 539 g/mol. The number of esters is 2. The molecule has 0 unspecified atom stereocenters. The van der Waals surface area contributed by atoms with E-state index in [0.29, 0.717) is 16.0 Å². The second-order valence-electron chi connectivity index (χ2n) is 8.04. The van der Waals surface area contributed by atoms with Gasteiger partial charge in [-0.15, -0.1) is 11.3 Å². The molecule has 202 valence electrons. The van der Waals surface area contributed by atoms with E-state index in [1.54, 1.807) is 29.6 Å². The van der Waals surface area contributed by atoms with Crippen molar-refractivity contribution in [1.82, 2.24) is 5.32 Å². The third kappa shape index (κ3) is 7.09. The maximum atomic E-state index is 12.4. The maximum absolute atomic E-state index is 12.4. The smallest absolute Gasteiger partial charge is 0.457 e. The fourth-order valence-electron chi connectivity index (χ4n) is 3.35. The highest BCUT2D eigenvalue weighted by atomic mass is 32.1. The number of rotatable bonds is 8. The van der Waals surface area contributed by atoms with Crippen LogP contribution in [0.15, 0.2) is 70.7 Å². The Labute approximate surface area is 223 Å². The number of ether oxygens (including phenoxy) is 3. The Morgan fingerprint density at radius 2 is 1.85 bits per heavy atom. The summed E-state index contributed by atoms with van der Waals surface area (Å²) in [6, 6.07) is 12.4. The van der Waals surface area contributed by atoms with Crippen molar-refractivity contribution in [3.63, 3.8) is 0 Å². The summed E-state index contributed by atoms with van der Waals surface area (Å²) in [5.41, 5.74) is 1.17. The van der Waals surface area contributed by atoms with E-state index in [1.165, 1.54) is 60.2 Å². The number of carbonyl (C=O) groups excluding carboxylic acids is 3. The van der Waals surface area contributed by atoms with Gasteiger partial charge in [-0.1, -0.05) is 12.1 Å². The molecule has 0 saturated heterocycles. The molecule has 0 bridgehead atoms. The van der Waals surface area contributed by atoms with E-state index in [9.17, 15) is 27.6 Å². The van der Waals surface area contributed by atoms with Crippen LogP contribution in [0.1, 0.15) is 27.7 Å². The number of anilines is 1. The lowest BCUT2D eigenvalue weighted by molar-refractivity contribution is -0.166. The van der Waals surface area contributed by atoms with Crippen molar-refractivity contribution in [2.45, 2.75) is 19.3 Å². The molecule has 1 aliphatic heterocycles. The van der Waals surface area contributed by atoms with Crippen LogP contribution >= 0.6 is 11.3 Å². The third-order valence-corrected chi connectivity index (χ3v) is 6.06. The summed E-state index contributed by atoms with van der Waals surface area (Å²) in [5.74, 6) is -1.64. The third-order valence-electron chi connectivity index (χ3n) is 5.21. The molecule has 0 radical (unpaired) electrons. The van der Waals surface area contributed by atoms with Gasteiger partial charge in [-0.05, 0) is 66.4 Å². The van der Waals surface area contributed by atoms with E-state index in [-0.39, 0.29) is 28.8 Å². The lowest BCUT2D eigenvalue weighted by Gasteiger charge is -2.16. The Hall–Kier alpha value is -4.49. The molecule has 1 atom stereocenters. The molecule has 0 saturated carbocycles. The van der Waals surface area contributed by atoms with Crippen LogP contribution in [0.5, 0.6) is 11.5 Å². The minimum atomic E-state index is -4.69. The molecule has 0 fully saturated rings. The quantitative estimate of drug-likeness (QED) is 0.177. The van der Waals surface area contributed by atoms with E-state index in [4.69, 9.17) is 14.2 Å². The standard InChI is InChI=1S/C26H20F3N3O6S/c1-14(32-26(27,28)29)22(33)30-17-8-6-16(7-9-17)23-31-18(24(34)38-23)12-15-5-10-19(20(13-15)36-2)37-25(35)21-4-3-11-39-21/h3-14,32H,1-2H3,(H,30,33)/b18-12+/t14-/m0/s1. The lowest BCUT2D eigenvalue weighted by atomic mass is 10.1. The van der Waals surface area contributed by atoms with Gasteiger partial charge >= 0.3 is 18.2 Å². The van der Waals surface area contributed by atoms with Crippen LogP contribution in [0.4, 0.5) is 18.9 Å². The fourth-order valence-corrected chi connectivity index (χ4v) is 3.95. The topological polar surface area (TPSA) is 115 Å². The molecular formula is C26H20F3N3O6S. The summed E-state index contributed by atoms with van der Waals surface area (Å²) in [6.45, 7) is 1.08. The Morgan fingerprint density at radius 1 is 1.10 bits per heavy atom. The summed E-state index contributed by atoms with van der Waals surface area (Å²) in [6.07, 6.45) is -3.23. The molecule has 1 aromatic heterocycles. The monoisotopic (exact) mass is 559 g/mol. The van der Waals surface area contributed by atoms with E-state index >= 15 is 0 Å². The molecule has 2 aromatic carbocycles. The Kier molecular flexibility index (Phi) is 8.12. The predicted octanol–water partition coefficient (Wildman–Crippen LogP) is 4.76. The van der Waals surface area contributed by atoms with Crippen molar-refractivity contribution in [3.05, 3.63) is 81.7 Å². The highest BCUT2D eigenvalue weighted by Gasteiger charge is 2.32. The lowest BCUT2D eigenvalue weighted by Crippen LogP contribution is -2.45. The molecule has 2 heterocycles. The first-order valence-corrected chi connectivity index (χ1v) is 12.1. The van der Waals surface area contributed by atoms with Gasteiger partial charge in [0, 0.05) is 11.3 Å². The van der Waals surface area contributed by atoms with Crippen LogP contribution in [-0.4, -0.2) is 43.2 Å². The predicted molar refractivity (Wildman–Crippen MR) is 137 cm³/mol. The number of thiophene rings is 1. The number of carbonyl (C=O) groups is 3. The van der Waals surface area contributed by atoms with Crippen molar-refractivity contribution in [3.8, 4) is 11.5 Å². The van der Waals surface area contributed by atoms with Gasteiger partial charge in [0.1, 0.15) is 4.88 Å². The minimum absolute atomic E-state index is 0.000174. The van der Waals surface area contributed by atoms with Gasteiger partial charge < -0.3 is 19.5 Å². The molecule has 1 aliphatic rings. The molecule has 39 heavy (non-hydrogen) atoms. The van der Waals surface area contributed by atoms with E-state index in [0.717, 1.165) is 6.92 Å². The largest absolute Gasteiger partial charge is 0.493 e. The fraction of sp³-hybridized carbons (Fsp3) is 0.154. The van der Waals surface area contributed by atoms with E-state index < -0.39 is 30.2 Å². The summed E-state index contributed by atoms with van der Waals surface area (Å²) in [5, 5.41) is 5.34. The highest BCUT2D eigenvalue weighted by molar-refractivity contribution is 7.12. The first-order valence-electron chi connectivity index (χ1n) is 11.2. The average molecular weight is 560 g/mol. The van der Waals surface area contributed by atoms with Crippen LogP contribution in [0, 0.1) is 0 Å². The first-order chi connectivity index (χ1) is 18.5. The number of benzene rings is 2. The van der Waals surface area contributed by atoms with Crippen molar-refractivity contribution < 1.29 is 41.8 Å². The number of cyclic esters (lactones) is 1. The Balaban J connectivity index is 1.45. The van der Waals surface area contributed by atoms with Gasteiger partial charge in [-0.3, -0.25) is 4.79 Å². The Bertz CT molecular complexity index is 1450. The number of hydrogen-bond acceptors (Lipinski definition) is 9. The molecule has 0 spiro atoms. The van der Waals surface area contributed by atoms with Crippen molar-refractivity contribution >= 4 is 46.8 Å². The van der Waals surface area contributed by atoms with Gasteiger partial charge in [-0.2, -0.15) is 13.2 Å². The zero-order chi connectivity index (χ0) is 28.2. The zero-order valence-corrected chi connectivity index (χ0v) is 21.2. The zero-order valence-electron chi connectivity index (χ0n) is 20.4. The molecule has 2 N–H and O–H groups in total. The number of amides is 1. The number of nitrogens with zero attached hydrogens (tertiary/aromatic N) is 1. The second-order valence-corrected chi connectivity index (χ2v) is 8.99. The SMILES string of the molecule is COc1cc(/C=C2/N=C(c3ccc(NC(=O)[C@H](C)NC(F)(F)F)cc3)OC2=O)ccc1OC(=O)c1cccs1. The molecule has 1 amide bonds. The number of halogens is 3. The minimum Gasteiger partial charge on any atom is -0.493 e. The second kappa shape index (κ2) is 11.5. The van der Waals surface area contributed by atoms with E-state index in [2.05, 4.69) is 10.3 Å². The highest BCUT2D eigenvalue weighted by Crippen LogP contribution is 2.31. The Morgan fingerprint density at radius 3 is 2.49 bits per heavy atom. The summed E-state index contributed by atoms with van der Waals surface area (Å²) >= 11 is 1.24. The summed E-state index contributed by atoms with van der Waals surface area (Å²) in [7, 11) is 1.41. The van der Waals surface area contributed by atoms with Gasteiger partial charge in [-0.25, -0.2) is 19.9 Å². The average Bonchev–Trinajstić information content (AvgIpc) is 3.55. The summed E-state index contributed by atoms with van der Waals surface area (Å²) in [4.78, 5) is 41.3. The molecule has 13 heteroatoms. The molecule has 3 aromatic rings. The van der Waals surface area contributed by atoms with Crippen molar-refractivity contribution in [1.29, 1.82) is 0 Å². The van der Waals surface area contributed by atoms with Crippen LogP contribution in [0.25, 0.3) is 6.08 Å². The van der Waals surface area contributed by atoms with Gasteiger partial charge in [0.05, 0.1) is 13.2 Å². The maximum Gasteiger partial charge on any atom is 0.457 e. The molecule has 9 nitrogen and oxygen atoms in total. The van der Waals surface area contributed by atoms with Gasteiger partial charge in [0.25, 0.3) is 0 Å². The van der Waals surface area contributed by atoms with Crippen molar-refractivity contribution in [2.24, 2.45) is 4.99 Å². The van der Waals surface area contributed by atoms with Gasteiger partial charge in [0.2, 0.25) is 11.8 Å². The van der Waals surface area contributed by atoms with Gasteiger partial charge in [0.15, 0.2) is 17.2 Å². The first kappa shape index (κ1) is 27.5. The molecule has 0 aliphatic carbocycles. The normalized spacial score (nSPS) is 14.9. The molecule has 4 rings (SSSR count). The number of aliphatic imine (C=N–C) groups is 1. The van der Waals surface area contributed by atoms with Crippen LogP contribution in [-0.2, 0) is 14.3 Å². The number of methoxy groups -OCH3 is 1. The van der Waals surface area contributed by atoms with Crippen molar-refractivity contribution in [2.75, 3.05) is 12.4 Å². The van der Waals surface area contributed by atoms with Crippen LogP contribution in [0.3, 0.4) is 0 Å². The number of hydrogen-bond donors (Lipinski definition) is 2.